The Labute approximate surface area is 101 Å². The second kappa shape index (κ2) is 6.38. The van der Waals surface area contributed by atoms with Crippen LogP contribution in [0, 0.1) is 0 Å². The van der Waals surface area contributed by atoms with Crippen LogP contribution in [0.15, 0.2) is 18.2 Å². The van der Waals surface area contributed by atoms with E-state index in [0.29, 0.717) is 22.8 Å². The molecule has 0 saturated carbocycles. The van der Waals surface area contributed by atoms with Crippen molar-refractivity contribution >= 4 is 23.2 Å². The zero-order valence-electron chi connectivity index (χ0n) is 9.42. The number of hydrogen-bond donors (Lipinski definition) is 2. The van der Waals surface area contributed by atoms with E-state index in [1.165, 1.54) is 0 Å². The molecule has 0 unspecified atom stereocenters. The number of halogens is 1. The van der Waals surface area contributed by atoms with Crippen molar-refractivity contribution in [2.24, 2.45) is 0 Å². The smallest absolute Gasteiger partial charge is 0.251 e. The van der Waals surface area contributed by atoms with Gasteiger partial charge in [0.25, 0.3) is 5.91 Å². The molecule has 1 aromatic carbocycles. The molecule has 0 spiro atoms. The number of carbonyl (C=O) groups excluding carboxylic acids is 1. The molecule has 1 amide bonds. The molecule has 0 fully saturated rings. The van der Waals surface area contributed by atoms with E-state index in [2.05, 4.69) is 12.2 Å². The van der Waals surface area contributed by atoms with E-state index in [1.54, 1.807) is 18.2 Å². The van der Waals surface area contributed by atoms with Crippen molar-refractivity contribution in [1.82, 2.24) is 5.32 Å². The number of unbranched alkanes of at least 4 members (excludes halogenated alkanes) is 2. The highest BCUT2D eigenvalue weighted by Crippen LogP contribution is 2.16. The third-order valence-corrected chi connectivity index (χ3v) is 2.47. The van der Waals surface area contributed by atoms with Gasteiger partial charge < -0.3 is 11.1 Å². The number of nitrogen functional groups attached to an aromatic ring is 1. The quantitative estimate of drug-likeness (QED) is 0.614. The minimum Gasteiger partial charge on any atom is -0.399 e. The maximum Gasteiger partial charge on any atom is 0.251 e. The van der Waals surface area contributed by atoms with Gasteiger partial charge in [-0.05, 0) is 24.6 Å². The van der Waals surface area contributed by atoms with Crippen LogP contribution in [-0.4, -0.2) is 12.5 Å². The van der Waals surface area contributed by atoms with Crippen LogP contribution in [0.4, 0.5) is 5.69 Å². The number of amides is 1. The number of benzene rings is 1. The summed E-state index contributed by atoms with van der Waals surface area (Å²) in [4.78, 5) is 11.7. The summed E-state index contributed by atoms with van der Waals surface area (Å²) in [6, 6.07) is 4.86. The van der Waals surface area contributed by atoms with Crippen molar-refractivity contribution in [3.63, 3.8) is 0 Å². The largest absolute Gasteiger partial charge is 0.399 e. The maximum atomic E-state index is 11.7. The number of hydrogen-bond acceptors (Lipinski definition) is 2. The molecule has 0 aliphatic heterocycles. The standard InChI is InChI=1S/C12H17ClN2O/c1-2-3-4-5-15-12(16)9-6-10(13)8-11(14)7-9/h6-8H,2-5,14H2,1H3,(H,15,16). The number of anilines is 1. The highest BCUT2D eigenvalue weighted by molar-refractivity contribution is 6.31. The van der Waals surface area contributed by atoms with E-state index in [9.17, 15) is 4.79 Å². The Bertz CT molecular complexity index is 346. The molecule has 1 rings (SSSR count). The second-order valence-corrected chi connectivity index (χ2v) is 4.17. The number of nitrogens with two attached hydrogens (primary N) is 1. The first-order chi connectivity index (χ1) is 7.63. The van der Waals surface area contributed by atoms with Crippen molar-refractivity contribution < 1.29 is 4.79 Å². The second-order valence-electron chi connectivity index (χ2n) is 3.74. The molecule has 0 atom stereocenters. The van der Waals surface area contributed by atoms with Gasteiger partial charge in [0.2, 0.25) is 0 Å². The van der Waals surface area contributed by atoms with E-state index in [4.69, 9.17) is 17.3 Å². The van der Waals surface area contributed by atoms with Crippen molar-refractivity contribution in [2.75, 3.05) is 12.3 Å². The van der Waals surface area contributed by atoms with Crippen LogP contribution in [0.5, 0.6) is 0 Å². The number of carbonyl (C=O) groups is 1. The Kier molecular flexibility index (Phi) is 5.12. The van der Waals surface area contributed by atoms with Crippen LogP contribution < -0.4 is 11.1 Å². The van der Waals surface area contributed by atoms with Gasteiger partial charge in [0.05, 0.1) is 0 Å². The molecule has 0 saturated heterocycles. The van der Waals surface area contributed by atoms with Gasteiger partial charge in [-0.15, -0.1) is 0 Å². The minimum absolute atomic E-state index is 0.120. The van der Waals surface area contributed by atoms with Crippen LogP contribution in [0.3, 0.4) is 0 Å². The van der Waals surface area contributed by atoms with Crippen molar-refractivity contribution in [3.8, 4) is 0 Å². The zero-order valence-corrected chi connectivity index (χ0v) is 10.2. The zero-order chi connectivity index (χ0) is 12.0. The first-order valence-electron chi connectivity index (χ1n) is 5.47. The summed E-state index contributed by atoms with van der Waals surface area (Å²) in [7, 11) is 0. The Morgan fingerprint density at radius 2 is 2.12 bits per heavy atom. The van der Waals surface area contributed by atoms with Crippen LogP contribution in [0.25, 0.3) is 0 Å². The van der Waals surface area contributed by atoms with E-state index >= 15 is 0 Å². The van der Waals surface area contributed by atoms with Crippen LogP contribution in [0.2, 0.25) is 5.02 Å². The molecule has 4 heteroatoms. The van der Waals surface area contributed by atoms with E-state index in [0.717, 1.165) is 19.3 Å². The molecule has 1 aromatic rings. The van der Waals surface area contributed by atoms with Gasteiger partial charge in [-0.2, -0.15) is 0 Å². The topological polar surface area (TPSA) is 55.1 Å². The molecule has 3 nitrogen and oxygen atoms in total. The molecule has 0 heterocycles. The van der Waals surface area contributed by atoms with E-state index in [1.807, 2.05) is 0 Å². The average Bonchev–Trinajstić information content (AvgIpc) is 2.22. The van der Waals surface area contributed by atoms with Gasteiger partial charge in [-0.25, -0.2) is 0 Å². The summed E-state index contributed by atoms with van der Waals surface area (Å²) in [6.45, 7) is 2.82. The lowest BCUT2D eigenvalue weighted by atomic mass is 10.2. The lowest BCUT2D eigenvalue weighted by molar-refractivity contribution is 0.0953. The molecular weight excluding hydrogens is 224 g/mol. The Morgan fingerprint density at radius 3 is 2.75 bits per heavy atom. The SMILES string of the molecule is CCCCCNC(=O)c1cc(N)cc(Cl)c1. The van der Waals surface area contributed by atoms with Gasteiger partial charge in [0.15, 0.2) is 0 Å². The summed E-state index contributed by atoms with van der Waals surface area (Å²) >= 11 is 5.82. The summed E-state index contributed by atoms with van der Waals surface area (Å²) in [6.07, 6.45) is 3.26. The maximum absolute atomic E-state index is 11.7. The fourth-order valence-corrected chi connectivity index (χ4v) is 1.67. The Balaban J connectivity index is 2.52. The third kappa shape index (κ3) is 4.11. The predicted molar refractivity (Wildman–Crippen MR) is 67.7 cm³/mol. The molecular formula is C12H17ClN2O. The van der Waals surface area contributed by atoms with Gasteiger partial charge in [0, 0.05) is 22.8 Å². The normalized spacial score (nSPS) is 10.1. The first kappa shape index (κ1) is 12.8. The lowest BCUT2D eigenvalue weighted by Crippen LogP contribution is -2.24. The monoisotopic (exact) mass is 240 g/mol. The van der Waals surface area contributed by atoms with Crippen LogP contribution in [-0.2, 0) is 0 Å². The van der Waals surface area contributed by atoms with Crippen molar-refractivity contribution in [1.29, 1.82) is 0 Å². The van der Waals surface area contributed by atoms with Gasteiger partial charge in [-0.3, -0.25) is 4.79 Å². The molecule has 0 aliphatic carbocycles. The van der Waals surface area contributed by atoms with Gasteiger partial charge in [-0.1, -0.05) is 31.4 Å². The van der Waals surface area contributed by atoms with Gasteiger partial charge in [0.1, 0.15) is 0 Å². The highest BCUT2D eigenvalue weighted by atomic mass is 35.5. The molecule has 3 N–H and O–H groups in total. The fraction of sp³-hybridized carbons (Fsp3) is 0.417. The van der Waals surface area contributed by atoms with Gasteiger partial charge >= 0.3 is 0 Å². The Hall–Kier alpha value is -1.22. The summed E-state index contributed by atoms with van der Waals surface area (Å²) in [5.74, 6) is -0.120. The van der Waals surface area contributed by atoms with Crippen molar-refractivity contribution in [3.05, 3.63) is 28.8 Å². The first-order valence-corrected chi connectivity index (χ1v) is 5.85. The molecule has 0 aromatic heterocycles. The molecule has 88 valence electrons. The van der Waals surface area contributed by atoms with Crippen molar-refractivity contribution in [2.45, 2.75) is 26.2 Å². The van der Waals surface area contributed by atoms with Crippen LogP contribution in [0.1, 0.15) is 36.5 Å². The van der Waals surface area contributed by atoms with E-state index in [-0.39, 0.29) is 5.91 Å². The molecule has 0 bridgehead atoms. The summed E-state index contributed by atoms with van der Waals surface area (Å²) < 4.78 is 0. The number of nitrogens with one attached hydrogen (secondary N) is 1. The number of rotatable bonds is 5. The Morgan fingerprint density at radius 1 is 1.38 bits per heavy atom. The van der Waals surface area contributed by atoms with E-state index < -0.39 is 0 Å². The fourth-order valence-electron chi connectivity index (χ4n) is 1.42. The average molecular weight is 241 g/mol. The van der Waals surface area contributed by atoms with Crippen LogP contribution >= 0.6 is 11.6 Å². The minimum atomic E-state index is -0.120. The predicted octanol–water partition coefficient (Wildman–Crippen LogP) is 2.84. The molecule has 0 aliphatic rings. The third-order valence-electron chi connectivity index (χ3n) is 2.25. The lowest BCUT2D eigenvalue weighted by Gasteiger charge is -2.06. The molecule has 0 radical (unpaired) electrons. The highest BCUT2D eigenvalue weighted by Gasteiger charge is 2.06. The summed E-state index contributed by atoms with van der Waals surface area (Å²) in [5.41, 5.74) is 6.63. The summed E-state index contributed by atoms with van der Waals surface area (Å²) in [5, 5.41) is 3.32. The molecule has 16 heavy (non-hydrogen) atoms.